The van der Waals surface area contributed by atoms with Gasteiger partial charge in [-0.1, -0.05) is 35.4 Å². The third kappa shape index (κ3) is 4.94. The number of rotatable bonds is 3. The van der Waals surface area contributed by atoms with Crippen LogP contribution in [-0.4, -0.2) is 49.4 Å². The van der Waals surface area contributed by atoms with E-state index in [0.717, 1.165) is 30.4 Å². The largest absolute Gasteiger partial charge is 0.378 e. The molecule has 7 nitrogen and oxygen atoms in total. The first kappa shape index (κ1) is 22.9. The van der Waals surface area contributed by atoms with E-state index >= 15 is 0 Å². The van der Waals surface area contributed by atoms with Crippen LogP contribution in [0.3, 0.4) is 0 Å². The molecule has 0 bridgehead atoms. The van der Waals surface area contributed by atoms with E-state index in [4.69, 9.17) is 10.5 Å². The maximum atomic E-state index is 6.18. The molecule has 2 aliphatic rings. The van der Waals surface area contributed by atoms with Crippen LogP contribution in [0.5, 0.6) is 0 Å². The van der Waals surface area contributed by atoms with Crippen molar-refractivity contribution in [1.82, 2.24) is 4.90 Å². The van der Waals surface area contributed by atoms with E-state index in [-0.39, 0.29) is 18.4 Å². The number of benzene rings is 2. The van der Waals surface area contributed by atoms with Crippen molar-refractivity contribution in [3.63, 3.8) is 0 Å². The van der Waals surface area contributed by atoms with E-state index < -0.39 is 6.29 Å². The van der Waals surface area contributed by atoms with Gasteiger partial charge in [-0.15, -0.1) is 12.4 Å². The minimum Gasteiger partial charge on any atom is -0.378 e. The lowest BCUT2D eigenvalue weighted by Gasteiger charge is -2.41. The molecule has 2 aromatic carbocycles. The molecule has 31 heavy (non-hydrogen) atoms. The molecule has 2 heterocycles. The summed E-state index contributed by atoms with van der Waals surface area (Å²) in [4.78, 5) is 13.7. The molecule has 0 saturated carbocycles. The Bertz CT molecular complexity index is 1000. The number of nitrogens with zero attached hydrogens (tertiary/aromatic N) is 4. The number of ether oxygens (including phenoxy) is 1. The van der Waals surface area contributed by atoms with Gasteiger partial charge in [0, 0.05) is 18.8 Å². The van der Waals surface area contributed by atoms with Crippen molar-refractivity contribution in [2.45, 2.75) is 34.0 Å². The average molecular weight is 443 g/mol. The van der Waals surface area contributed by atoms with Gasteiger partial charge in [-0.05, 0) is 51.0 Å². The maximum Gasteiger partial charge on any atom is 0.222 e. The molecule has 1 saturated heterocycles. The number of nitrogens with two attached hydrogens (primary N) is 1. The molecule has 0 radical (unpaired) electrons. The standard InChI is InChI=1S/C23H30N6O.ClH/c1-15-5-7-19(17(3)13-15)25-22-26-21(24)27-23(28-9-11-30-12-10-28)29(22)20-8-6-16(2)14-18(20)4;/h5-8,13-14,22,25H,9-12H2,1-4H3,(H2,24,26);1H. The first-order valence-electron chi connectivity index (χ1n) is 10.4. The fourth-order valence-corrected chi connectivity index (χ4v) is 3.99. The molecule has 0 amide bonds. The predicted molar refractivity (Wildman–Crippen MR) is 130 cm³/mol. The highest BCUT2D eigenvalue weighted by Gasteiger charge is 2.33. The van der Waals surface area contributed by atoms with E-state index in [1.807, 2.05) is 0 Å². The quantitative estimate of drug-likeness (QED) is 0.759. The zero-order valence-electron chi connectivity index (χ0n) is 18.6. The Morgan fingerprint density at radius 2 is 1.61 bits per heavy atom. The van der Waals surface area contributed by atoms with Crippen LogP contribution in [0.1, 0.15) is 22.3 Å². The SMILES string of the molecule is Cc1ccc(NC2N=C(N)N=C(N3CCOCC3)N2c2ccc(C)cc2C)c(C)c1.Cl. The van der Waals surface area contributed by atoms with E-state index in [1.165, 1.54) is 22.3 Å². The second-order valence-corrected chi connectivity index (χ2v) is 7.99. The van der Waals surface area contributed by atoms with Crippen molar-refractivity contribution < 1.29 is 4.74 Å². The van der Waals surface area contributed by atoms with Gasteiger partial charge in [0.25, 0.3) is 0 Å². The Hall–Kier alpha value is -2.77. The number of aryl methyl sites for hydroxylation is 4. The number of halogens is 1. The number of anilines is 2. The molecule has 0 aliphatic carbocycles. The van der Waals surface area contributed by atoms with Crippen molar-refractivity contribution in [2.75, 3.05) is 36.5 Å². The molecule has 166 valence electrons. The molecule has 0 spiro atoms. The predicted octanol–water partition coefficient (Wildman–Crippen LogP) is 3.56. The lowest BCUT2D eigenvalue weighted by molar-refractivity contribution is 0.0671. The minimum atomic E-state index is -0.400. The van der Waals surface area contributed by atoms with Crippen LogP contribution < -0.4 is 16.0 Å². The number of hydrogen-bond donors (Lipinski definition) is 2. The van der Waals surface area contributed by atoms with Gasteiger partial charge >= 0.3 is 0 Å². The molecule has 2 aromatic rings. The molecule has 3 N–H and O–H groups in total. The third-order valence-electron chi connectivity index (χ3n) is 5.50. The van der Waals surface area contributed by atoms with Crippen molar-refractivity contribution in [3.8, 4) is 0 Å². The molecule has 8 heteroatoms. The lowest BCUT2D eigenvalue weighted by atomic mass is 10.1. The molecule has 2 aliphatic heterocycles. The normalized spacial score (nSPS) is 18.8. The third-order valence-corrected chi connectivity index (χ3v) is 5.50. The van der Waals surface area contributed by atoms with Gasteiger partial charge in [0.05, 0.1) is 18.9 Å². The summed E-state index contributed by atoms with van der Waals surface area (Å²) in [7, 11) is 0. The van der Waals surface area contributed by atoms with E-state index in [9.17, 15) is 0 Å². The monoisotopic (exact) mass is 442 g/mol. The van der Waals surface area contributed by atoms with Gasteiger partial charge in [0.1, 0.15) is 0 Å². The van der Waals surface area contributed by atoms with E-state index in [2.05, 4.69) is 89.2 Å². The maximum absolute atomic E-state index is 6.18. The van der Waals surface area contributed by atoms with Crippen LogP contribution in [0.4, 0.5) is 11.4 Å². The Morgan fingerprint density at radius 1 is 0.968 bits per heavy atom. The first-order valence-corrected chi connectivity index (χ1v) is 10.4. The Kier molecular flexibility index (Phi) is 7.08. The highest BCUT2D eigenvalue weighted by molar-refractivity contribution is 6.06. The van der Waals surface area contributed by atoms with Crippen LogP contribution in [-0.2, 0) is 4.74 Å². The van der Waals surface area contributed by atoms with Gasteiger partial charge in [-0.2, -0.15) is 4.99 Å². The Morgan fingerprint density at radius 3 is 2.26 bits per heavy atom. The van der Waals surface area contributed by atoms with Crippen LogP contribution in [0.2, 0.25) is 0 Å². The van der Waals surface area contributed by atoms with Crippen molar-refractivity contribution in [2.24, 2.45) is 15.7 Å². The van der Waals surface area contributed by atoms with Crippen molar-refractivity contribution in [1.29, 1.82) is 0 Å². The number of aliphatic imine (C=N–C) groups is 2. The summed E-state index contributed by atoms with van der Waals surface area (Å²) in [5.41, 5.74) is 13.0. The van der Waals surface area contributed by atoms with Gasteiger partial charge in [-0.25, -0.2) is 4.99 Å². The van der Waals surface area contributed by atoms with Gasteiger partial charge in [0.2, 0.25) is 18.2 Å². The van der Waals surface area contributed by atoms with Crippen LogP contribution >= 0.6 is 12.4 Å². The molecule has 1 unspecified atom stereocenters. The van der Waals surface area contributed by atoms with Crippen LogP contribution in [0.15, 0.2) is 46.4 Å². The Labute approximate surface area is 190 Å². The fourth-order valence-electron chi connectivity index (χ4n) is 3.99. The smallest absolute Gasteiger partial charge is 0.222 e. The van der Waals surface area contributed by atoms with E-state index in [0.29, 0.717) is 13.2 Å². The highest BCUT2D eigenvalue weighted by atomic mass is 35.5. The van der Waals surface area contributed by atoms with Gasteiger partial charge in [0.15, 0.2) is 0 Å². The molecule has 0 aromatic heterocycles. The average Bonchev–Trinajstić information content (AvgIpc) is 2.71. The van der Waals surface area contributed by atoms with Crippen molar-refractivity contribution in [3.05, 3.63) is 58.7 Å². The minimum absolute atomic E-state index is 0. The number of guanidine groups is 2. The highest BCUT2D eigenvalue weighted by Crippen LogP contribution is 2.29. The zero-order valence-corrected chi connectivity index (χ0v) is 19.4. The van der Waals surface area contributed by atoms with Crippen molar-refractivity contribution >= 4 is 35.7 Å². The second-order valence-electron chi connectivity index (χ2n) is 7.99. The molecular formula is C23H31ClN6O. The summed E-state index contributed by atoms with van der Waals surface area (Å²) < 4.78 is 5.55. The number of morpholine rings is 1. The molecule has 4 rings (SSSR count). The summed E-state index contributed by atoms with van der Waals surface area (Å²) in [6.45, 7) is 11.3. The topological polar surface area (TPSA) is 78.5 Å². The lowest BCUT2D eigenvalue weighted by Crippen LogP contribution is -2.57. The van der Waals surface area contributed by atoms with Crippen LogP contribution in [0, 0.1) is 27.7 Å². The van der Waals surface area contributed by atoms with Crippen LogP contribution in [0.25, 0.3) is 0 Å². The molecule has 1 fully saturated rings. The van der Waals surface area contributed by atoms with Gasteiger partial charge in [-0.3, -0.25) is 4.90 Å². The zero-order chi connectivity index (χ0) is 21.3. The number of nitrogens with one attached hydrogen (secondary N) is 1. The van der Waals surface area contributed by atoms with E-state index in [1.54, 1.807) is 0 Å². The summed E-state index contributed by atoms with van der Waals surface area (Å²) >= 11 is 0. The second kappa shape index (κ2) is 9.58. The summed E-state index contributed by atoms with van der Waals surface area (Å²) in [6, 6.07) is 12.8. The fraction of sp³-hybridized carbons (Fsp3) is 0.391. The molecule has 1 atom stereocenters. The summed E-state index contributed by atoms with van der Waals surface area (Å²) in [5.74, 6) is 1.08. The number of hydrogen-bond acceptors (Lipinski definition) is 7. The first-order chi connectivity index (χ1) is 14.4. The van der Waals surface area contributed by atoms with Gasteiger partial charge < -0.3 is 20.7 Å². The summed E-state index contributed by atoms with van der Waals surface area (Å²) in [5, 5.41) is 3.59. The summed E-state index contributed by atoms with van der Waals surface area (Å²) in [6.07, 6.45) is -0.400. The Balaban J connectivity index is 0.00000272. The molecular weight excluding hydrogens is 412 g/mol.